The number of aromatic nitrogens is 2. The number of benzene rings is 3. The van der Waals surface area contributed by atoms with Gasteiger partial charge in [-0.15, -0.1) is 13.2 Å². The number of esters is 2. The summed E-state index contributed by atoms with van der Waals surface area (Å²) in [6, 6.07) is 22.1. The molecule has 10 atom stereocenters. The normalized spacial score (nSPS) is 27.1. The Hall–Kier alpha value is -5.58. The zero-order valence-corrected chi connectivity index (χ0v) is 33.2. The van der Waals surface area contributed by atoms with Crippen LogP contribution in [0.5, 0.6) is 11.5 Å². The predicted molar refractivity (Wildman–Crippen MR) is 223 cm³/mol. The number of ether oxygens (including phenoxy) is 4. The highest BCUT2D eigenvalue weighted by molar-refractivity contribution is 5.94. The number of hydrogen-bond donors (Lipinski definition) is 0. The van der Waals surface area contributed by atoms with Gasteiger partial charge in [-0.05, 0) is 135 Å². The molecule has 8 heterocycles. The van der Waals surface area contributed by atoms with Crippen molar-refractivity contribution in [2.75, 3.05) is 40.4 Å². The first kappa shape index (κ1) is 38.0. The lowest BCUT2D eigenvalue weighted by atomic mass is 9.73. The summed E-state index contributed by atoms with van der Waals surface area (Å²) in [4.78, 5) is 42.4. The van der Waals surface area contributed by atoms with Crippen LogP contribution in [0.1, 0.15) is 69.7 Å². The van der Waals surface area contributed by atoms with Gasteiger partial charge in [-0.3, -0.25) is 19.8 Å². The Morgan fingerprint density at radius 2 is 1.09 bits per heavy atom. The van der Waals surface area contributed by atoms with Crippen molar-refractivity contribution in [3.05, 3.63) is 133 Å². The minimum Gasteiger partial charge on any atom is -0.497 e. The summed E-state index contributed by atoms with van der Waals surface area (Å²) in [6.07, 6.45) is 10.6. The molecule has 0 amide bonds. The highest BCUT2D eigenvalue weighted by Gasteiger charge is 2.46. The Morgan fingerprint density at radius 3 is 1.45 bits per heavy atom. The molecule has 2 aromatic heterocycles. The van der Waals surface area contributed by atoms with E-state index in [-0.39, 0.29) is 12.1 Å². The number of methoxy groups -OCH3 is 2. The van der Waals surface area contributed by atoms with Gasteiger partial charge in [0.25, 0.3) is 0 Å². The third-order valence-corrected chi connectivity index (χ3v) is 13.4. The molecule has 298 valence electrons. The maximum atomic E-state index is 14.2. The third-order valence-electron chi connectivity index (χ3n) is 13.4. The molecule has 2 unspecified atom stereocenters. The van der Waals surface area contributed by atoms with Crippen molar-refractivity contribution >= 4 is 33.7 Å². The second kappa shape index (κ2) is 16.0. The molecule has 6 aliphatic rings. The summed E-state index contributed by atoms with van der Waals surface area (Å²) in [5, 5.41) is 1.77. The second-order valence-electron chi connectivity index (χ2n) is 16.3. The maximum absolute atomic E-state index is 14.2. The highest BCUT2D eigenvalue weighted by Crippen LogP contribution is 2.46. The van der Waals surface area contributed by atoms with Crippen LogP contribution in [0.15, 0.2) is 111 Å². The van der Waals surface area contributed by atoms with E-state index in [9.17, 15) is 9.59 Å². The van der Waals surface area contributed by atoms with Gasteiger partial charge in [-0.25, -0.2) is 9.59 Å². The summed E-state index contributed by atoms with van der Waals surface area (Å²) in [5.41, 5.74) is 4.10. The lowest BCUT2D eigenvalue weighted by Crippen LogP contribution is -2.55. The first-order valence-electron chi connectivity index (χ1n) is 20.5. The van der Waals surface area contributed by atoms with Gasteiger partial charge in [0, 0.05) is 47.4 Å². The molecule has 3 aromatic carbocycles. The van der Waals surface area contributed by atoms with E-state index in [1.807, 2.05) is 48.5 Å². The molecule has 10 heteroatoms. The second-order valence-corrected chi connectivity index (χ2v) is 16.3. The minimum absolute atomic E-state index is 0.0151. The molecule has 0 spiro atoms. The molecule has 0 N–H and O–H groups in total. The monoisotopic (exact) mass is 778 g/mol. The van der Waals surface area contributed by atoms with E-state index in [4.69, 9.17) is 18.9 Å². The summed E-state index contributed by atoms with van der Waals surface area (Å²) >= 11 is 0. The van der Waals surface area contributed by atoms with Crippen LogP contribution in [0, 0.1) is 23.7 Å². The van der Waals surface area contributed by atoms with Gasteiger partial charge < -0.3 is 18.9 Å². The number of rotatable bonds is 12. The number of pyridine rings is 2. The molecular weight excluding hydrogens is 729 g/mol. The Balaban J connectivity index is 0.997. The van der Waals surface area contributed by atoms with Crippen LogP contribution in [0.3, 0.4) is 0 Å². The van der Waals surface area contributed by atoms with Crippen molar-refractivity contribution in [1.82, 2.24) is 19.8 Å². The van der Waals surface area contributed by atoms with Crippen molar-refractivity contribution in [2.24, 2.45) is 23.7 Å². The molecule has 5 aromatic rings. The molecule has 4 bridgehead atoms. The smallest absolute Gasteiger partial charge is 0.338 e. The standard InChI is InChI=1S/C48H50N4O6/c1-5-29-27-51-21-17-33(29)23-43(51)45(37-15-19-49-41-13-11-35(55-3)25-39(37)41)57-47(53)31-7-9-32(10-8-31)48(54)58-46(44-24-34-18-22-52(44)28-30(34)6-2)38-16-20-50-42-14-12-36(56-4)26-40(38)42/h5-16,19-20,25-26,29-30,33-34,43-46H,1-2,17-18,21-24,27-28H2,3-4H3/t29-,30-,33-,34-,43+,44+,45+,46+/m0/s1. The topological polar surface area (TPSA) is 103 Å². The molecular formula is C48H50N4O6. The summed E-state index contributed by atoms with van der Waals surface area (Å²) in [6.45, 7) is 11.9. The fourth-order valence-electron chi connectivity index (χ4n) is 10.2. The minimum atomic E-state index is -0.556. The average molecular weight is 779 g/mol. The van der Waals surface area contributed by atoms with Gasteiger partial charge >= 0.3 is 11.9 Å². The van der Waals surface area contributed by atoms with E-state index >= 15 is 0 Å². The summed E-state index contributed by atoms with van der Waals surface area (Å²) in [5.74, 6) is 2.27. The fourth-order valence-corrected chi connectivity index (χ4v) is 10.2. The maximum Gasteiger partial charge on any atom is 0.338 e. The SMILES string of the molecule is C=C[C@H]1CN2CC[C@H]1C[C@@H]2[C@H](OC(=O)c1ccc(C(=O)O[C@H](c2ccnc3ccc(OC)cc23)[C@H]2C[C@@H]3CCN2C[C@@H]3C=C)cc1)c1ccnc2ccc(OC)cc12. The molecule has 0 aliphatic carbocycles. The molecule has 6 fully saturated rings. The summed E-state index contributed by atoms with van der Waals surface area (Å²) < 4.78 is 24.3. The van der Waals surface area contributed by atoms with Crippen LogP contribution in [0.25, 0.3) is 21.8 Å². The van der Waals surface area contributed by atoms with E-state index in [1.54, 1.807) is 50.9 Å². The van der Waals surface area contributed by atoms with E-state index in [0.717, 1.165) is 84.8 Å². The van der Waals surface area contributed by atoms with E-state index in [1.165, 1.54) is 0 Å². The Labute approximate surface area is 339 Å². The number of carbonyl (C=O) groups is 2. The molecule has 11 rings (SSSR count). The first-order chi connectivity index (χ1) is 28.3. The van der Waals surface area contributed by atoms with Gasteiger partial charge in [-0.2, -0.15) is 0 Å². The Bertz CT molecular complexity index is 2200. The van der Waals surface area contributed by atoms with Crippen molar-refractivity contribution in [3.63, 3.8) is 0 Å². The van der Waals surface area contributed by atoms with Gasteiger partial charge in [0.2, 0.25) is 0 Å². The number of fused-ring (bicyclic) bond motifs is 8. The van der Waals surface area contributed by atoms with Gasteiger partial charge in [0.05, 0.1) is 48.5 Å². The van der Waals surface area contributed by atoms with Crippen molar-refractivity contribution in [3.8, 4) is 11.5 Å². The first-order valence-corrected chi connectivity index (χ1v) is 20.5. The van der Waals surface area contributed by atoms with Crippen molar-refractivity contribution < 1.29 is 28.5 Å². The van der Waals surface area contributed by atoms with Crippen LogP contribution in [-0.4, -0.2) is 84.2 Å². The number of carbonyl (C=O) groups excluding carboxylic acids is 2. The Kier molecular flexibility index (Phi) is 10.5. The number of nitrogens with zero attached hydrogens (tertiary/aromatic N) is 4. The fraction of sp³-hybridized carbons (Fsp3) is 0.375. The number of piperidine rings is 6. The van der Waals surface area contributed by atoms with Crippen LogP contribution in [0.2, 0.25) is 0 Å². The third kappa shape index (κ3) is 7.02. The molecule has 6 aliphatic heterocycles. The van der Waals surface area contributed by atoms with Crippen LogP contribution >= 0.6 is 0 Å². The highest BCUT2D eigenvalue weighted by atomic mass is 16.5. The van der Waals surface area contributed by atoms with E-state index < -0.39 is 24.1 Å². The Morgan fingerprint density at radius 1 is 0.655 bits per heavy atom. The quantitative estimate of drug-likeness (QED) is 0.0907. The van der Waals surface area contributed by atoms with E-state index in [0.29, 0.717) is 46.3 Å². The van der Waals surface area contributed by atoms with Crippen molar-refractivity contribution in [1.29, 1.82) is 0 Å². The van der Waals surface area contributed by atoms with E-state index in [2.05, 4.69) is 45.1 Å². The molecule has 6 saturated heterocycles. The van der Waals surface area contributed by atoms with Crippen molar-refractivity contribution in [2.45, 2.75) is 50.0 Å². The van der Waals surface area contributed by atoms with Gasteiger partial charge in [0.1, 0.15) is 23.7 Å². The molecule has 0 saturated carbocycles. The van der Waals surface area contributed by atoms with Crippen LogP contribution in [-0.2, 0) is 9.47 Å². The molecule has 10 nitrogen and oxygen atoms in total. The largest absolute Gasteiger partial charge is 0.497 e. The lowest BCUT2D eigenvalue weighted by Gasteiger charge is -2.51. The lowest BCUT2D eigenvalue weighted by molar-refractivity contribution is -0.0571. The number of hydrogen-bond acceptors (Lipinski definition) is 10. The molecule has 58 heavy (non-hydrogen) atoms. The van der Waals surface area contributed by atoms with Crippen LogP contribution < -0.4 is 9.47 Å². The van der Waals surface area contributed by atoms with Gasteiger partial charge in [0.15, 0.2) is 0 Å². The van der Waals surface area contributed by atoms with Gasteiger partial charge in [-0.1, -0.05) is 12.2 Å². The predicted octanol–water partition coefficient (Wildman–Crippen LogP) is 8.39. The summed E-state index contributed by atoms with van der Waals surface area (Å²) in [7, 11) is 3.29. The zero-order chi connectivity index (χ0) is 39.9. The average Bonchev–Trinajstić information content (AvgIpc) is 3.29. The zero-order valence-electron chi connectivity index (χ0n) is 33.2. The molecule has 0 radical (unpaired) electrons. The van der Waals surface area contributed by atoms with Crippen LogP contribution in [0.4, 0.5) is 0 Å².